The lowest BCUT2D eigenvalue weighted by atomic mass is 10.1. The SMILES string of the molecule is CC(C)N1C[C@H](CNC(=O)CSCC(N)=O)CC1=O. The van der Waals surface area contributed by atoms with Crippen LogP contribution < -0.4 is 11.1 Å². The number of nitrogens with one attached hydrogen (secondary N) is 1. The van der Waals surface area contributed by atoms with E-state index in [2.05, 4.69) is 5.32 Å². The standard InChI is InChI=1S/C12H21N3O3S/c1-8(2)15-5-9(3-12(15)18)4-14-11(17)7-19-6-10(13)16/h8-9H,3-7H2,1-2H3,(H2,13,16)(H,14,17)/t9-/m0/s1. The maximum absolute atomic E-state index is 11.7. The lowest BCUT2D eigenvalue weighted by molar-refractivity contribution is -0.129. The van der Waals surface area contributed by atoms with Gasteiger partial charge in [-0.2, -0.15) is 0 Å². The van der Waals surface area contributed by atoms with E-state index in [1.54, 1.807) is 0 Å². The van der Waals surface area contributed by atoms with Crippen molar-refractivity contribution in [2.45, 2.75) is 26.3 Å². The Hall–Kier alpha value is -1.24. The zero-order chi connectivity index (χ0) is 14.4. The Morgan fingerprint density at radius 3 is 2.68 bits per heavy atom. The molecular weight excluding hydrogens is 266 g/mol. The highest BCUT2D eigenvalue weighted by Crippen LogP contribution is 2.19. The number of hydrogen-bond donors (Lipinski definition) is 2. The summed E-state index contributed by atoms with van der Waals surface area (Å²) in [7, 11) is 0. The van der Waals surface area contributed by atoms with Gasteiger partial charge in [-0.25, -0.2) is 0 Å². The van der Waals surface area contributed by atoms with Crippen LogP contribution in [0.1, 0.15) is 20.3 Å². The van der Waals surface area contributed by atoms with Gasteiger partial charge >= 0.3 is 0 Å². The van der Waals surface area contributed by atoms with Gasteiger partial charge in [-0.05, 0) is 13.8 Å². The highest BCUT2D eigenvalue weighted by Gasteiger charge is 2.30. The van der Waals surface area contributed by atoms with E-state index in [1.165, 1.54) is 11.8 Å². The molecule has 3 N–H and O–H groups in total. The molecule has 1 fully saturated rings. The molecule has 0 aliphatic carbocycles. The Morgan fingerprint density at radius 1 is 1.47 bits per heavy atom. The maximum atomic E-state index is 11.7. The van der Waals surface area contributed by atoms with Gasteiger partial charge in [-0.1, -0.05) is 0 Å². The second-order valence-corrected chi connectivity index (χ2v) is 5.96. The van der Waals surface area contributed by atoms with Gasteiger partial charge in [0.2, 0.25) is 17.7 Å². The van der Waals surface area contributed by atoms with Crippen LogP contribution in [0.2, 0.25) is 0 Å². The van der Waals surface area contributed by atoms with Gasteiger partial charge < -0.3 is 16.0 Å². The summed E-state index contributed by atoms with van der Waals surface area (Å²) < 4.78 is 0. The molecule has 19 heavy (non-hydrogen) atoms. The van der Waals surface area contributed by atoms with Gasteiger partial charge in [0.1, 0.15) is 0 Å². The van der Waals surface area contributed by atoms with Crippen LogP contribution in [0.4, 0.5) is 0 Å². The summed E-state index contributed by atoms with van der Waals surface area (Å²) in [5, 5.41) is 2.79. The van der Waals surface area contributed by atoms with Crippen molar-refractivity contribution in [1.29, 1.82) is 0 Å². The van der Waals surface area contributed by atoms with Crippen LogP contribution in [0.3, 0.4) is 0 Å². The summed E-state index contributed by atoms with van der Waals surface area (Å²) in [6.45, 7) is 5.18. The Morgan fingerprint density at radius 2 is 2.16 bits per heavy atom. The minimum absolute atomic E-state index is 0.123. The van der Waals surface area contributed by atoms with E-state index in [-0.39, 0.29) is 35.3 Å². The molecule has 1 saturated heterocycles. The van der Waals surface area contributed by atoms with Crippen LogP contribution in [-0.2, 0) is 14.4 Å². The van der Waals surface area contributed by atoms with Gasteiger partial charge in [0.25, 0.3) is 0 Å². The molecule has 1 aliphatic rings. The molecule has 0 spiro atoms. The number of amides is 3. The van der Waals surface area contributed by atoms with Crippen LogP contribution in [0.5, 0.6) is 0 Å². The van der Waals surface area contributed by atoms with Crippen molar-refractivity contribution < 1.29 is 14.4 Å². The van der Waals surface area contributed by atoms with E-state index in [4.69, 9.17) is 5.73 Å². The minimum Gasteiger partial charge on any atom is -0.369 e. The molecule has 0 aromatic carbocycles. The van der Waals surface area contributed by atoms with Gasteiger partial charge in [0.05, 0.1) is 11.5 Å². The lowest BCUT2D eigenvalue weighted by Gasteiger charge is -2.21. The molecule has 6 nitrogen and oxygen atoms in total. The number of rotatable bonds is 7. The Labute approximate surface area is 117 Å². The quantitative estimate of drug-likeness (QED) is 0.665. The summed E-state index contributed by atoms with van der Waals surface area (Å²) >= 11 is 1.19. The van der Waals surface area contributed by atoms with E-state index >= 15 is 0 Å². The van der Waals surface area contributed by atoms with E-state index in [9.17, 15) is 14.4 Å². The average molecular weight is 287 g/mol. The molecule has 3 amide bonds. The van der Waals surface area contributed by atoms with Gasteiger partial charge in [0, 0.05) is 31.5 Å². The van der Waals surface area contributed by atoms with Crippen LogP contribution in [0.15, 0.2) is 0 Å². The molecule has 1 rings (SSSR count). The third-order valence-corrected chi connectivity index (χ3v) is 3.88. The van der Waals surface area contributed by atoms with Crippen molar-refractivity contribution in [2.24, 2.45) is 11.7 Å². The maximum Gasteiger partial charge on any atom is 0.230 e. The summed E-state index contributed by atoms with van der Waals surface area (Å²) in [6.07, 6.45) is 0.493. The third kappa shape index (κ3) is 5.50. The Kier molecular flexibility index (Phi) is 6.14. The molecule has 0 aromatic heterocycles. The van der Waals surface area contributed by atoms with Gasteiger partial charge in [-0.3, -0.25) is 14.4 Å². The second-order valence-electron chi connectivity index (χ2n) is 4.97. The number of hydrogen-bond acceptors (Lipinski definition) is 4. The number of likely N-dealkylation sites (tertiary alicyclic amines) is 1. The highest BCUT2D eigenvalue weighted by molar-refractivity contribution is 8.00. The smallest absolute Gasteiger partial charge is 0.230 e. The predicted octanol–water partition coefficient (Wildman–Crippen LogP) is -0.422. The fraction of sp³-hybridized carbons (Fsp3) is 0.750. The number of primary amides is 1. The van der Waals surface area contributed by atoms with Crippen molar-refractivity contribution in [3.63, 3.8) is 0 Å². The van der Waals surface area contributed by atoms with E-state index in [0.717, 1.165) is 0 Å². The van der Waals surface area contributed by atoms with Crippen molar-refractivity contribution >= 4 is 29.5 Å². The van der Waals surface area contributed by atoms with E-state index < -0.39 is 5.91 Å². The van der Waals surface area contributed by atoms with Crippen LogP contribution in [0, 0.1) is 5.92 Å². The van der Waals surface area contributed by atoms with Crippen molar-refractivity contribution in [2.75, 3.05) is 24.6 Å². The summed E-state index contributed by atoms with van der Waals surface area (Å²) in [5.41, 5.74) is 4.98. The zero-order valence-corrected chi connectivity index (χ0v) is 12.2. The minimum atomic E-state index is -0.424. The van der Waals surface area contributed by atoms with Crippen LogP contribution >= 0.6 is 11.8 Å². The molecule has 0 saturated carbocycles. The second kappa shape index (κ2) is 7.37. The summed E-state index contributed by atoms with van der Waals surface area (Å²) in [6, 6.07) is 0.208. The third-order valence-electron chi connectivity index (χ3n) is 2.93. The first-order valence-corrected chi connectivity index (χ1v) is 7.47. The molecule has 7 heteroatoms. The average Bonchev–Trinajstić information content (AvgIpc) is 2.67. The molecule has 1 atom stereocenters. The highest BCUT2D eigenvalue weighted by atomic mass is 32.2. The molecule has 1 aliphatic heterocycles. The van der Waals surface area contributed by atoms with Crippen LogP contribution in [-0.4, -0.2) is 53.3 Å². The lowest BCUT2D eigenvalue weighted by Crippen LogP contribution is -2.34. The normalized spacial score (nSPS) is 19.0. The number of thioether (sulfide) groups is 1. The molecule has 108 valence electrons. The molecule has 0 aromatic rings. The largest absolute Gasteiger partial charge is 0.369 e. The molecule has 0 unspecified atom stereocenters. The first-order chi connectivity index (χ1) is 8.90. The van der Waals surface area contributed by atoms with E-state index in [1.807, 2.05) is 18.7 Å². The van der Waals surface area contributed by atoms with Gasteiger partial charge in [0.15, 0.2) is 0 Å². The Balaban J connectivity index is 2.21. The summed E-state index contributed by atoms with van der Waals surface area (Å²) in [5.74, 6) is 0.152. The monoisotopic (exact) mass is 287 g/mol. The first-order valence-electron chi connectivity index (χ1n) is 6.32. The molecule has 0 radical (unpaired) electrons. The Bertz CT molecular complexity index is 360. The summed E-state index contributed by atoms with van der Waals surface area (Å²) in [4.78, 5) is 35.5. The van der Waals surface area contributed by atoms with Crippen molar-refractivity contribution in [3.05, 3.63) is 0 Å². The number of carbonyl (C=O) groups is 3. The topological polar surface area (TPSA) is 92.5 Å². The number of nitrogens with zero attached hydrogens (tertiary/aromatic N) is 1. The van der Waals surface area contributed by atoms with Gasteiger partial charge in [-0.15, -0.1) is 11.8 Å². The fourth-order valence-corrected chi connectivity index (χ4v) is 2.59. The number of nitrogens with two attached hydrogens (primary N) is 1. The first kappa shape index (κ1) is 15.8. The fourth-order valence-electron chi connectivity index (χ4n) is 2.00. The molecule has 1 heterocycles. The molecular formula is C12H21N3O3S. The number of carbonyl (C=O) groups excluding carboxylic acids is 3. The molecule has 0 bridgehead atoms. The van der Waals surface area contributed by atoms with Crippen molar-refractivity contribution in [1.82, 2.24) is 10.2 Å². The zero-order valence-electron chi connectivity index (χ0n) is 11.3. The van der Waals surface area contributed by atoms with Crippen LogP contribution in [0.25, 0.3) is 0 Å². The predicted molar refractivity (Wildman–Crippen MR) is 74.5 cm³/mol. The van der Waals surface area contributed by atoms with Crippen molar-refractivity contribution in [3.8, 4) is 0 Å². The van der Waals surface area contributed by atoms with E-state index in [0.29, 0.717) is 19.5 Å².